The molecule has 0 atom stereocenters. The lowest BCUT2D eigenvalue weighted by Crippen LogP contribution is -2.15. The van der Waals surface area contributed by atoms with Crippen molar-refractivity contribution in [3.8, 4) is 0 Å². The van der Waals surface area contributed by atoms with Gasteiger partial charge in [0.15, 0.2) is 0 Å². The quantitative estimate of drug-likeness (QED) is 0.860. The molecule has 0 heterocycles. The van der Waals surface area contributed by atoms with Gasteiger partial charge in [0.25, 0.3) is 5.91 Å². The van der Waals surface area contributed by atoms with Crippen LogP contribution in [0.25, 0.3) is 0 Å². The second-order valence-electron chi connectivity index (χ2n) is 4.74. The average molecular weight is 365 g/mol. The Kier molecular flexibility index (Phi) is 4.92. The summed E-state index contributed by atoms with van der Waals surface area (Å²) >= 11 is 3.17. The van der Waals surface area contributed by atoms with Gasteiger partial charge in [-0.25, -0.2) is 4.39 Å². The van der Waals surface area contributed by atoms with Crippen molar-refractivity contribution in [3.05, 3.63) is 57.8 Å². The molecular formula is C16H14BrFN2O2. The number of anilines is 2. The number of hydrogen-bond acceptors (Lipinski definition) is 2. The normalized spacial score (nSPS) is 10.2. The molecule has 0 aliphatic heterocycles. The molecule has 0 spiro atoms. The largest absolute Gasteiger partial charge is 0.326 e. The Bertz CT molecular complexity index is 747. The van der Waals surface area contributed by atoms with Crippen LogP contribution in [0, 0.1) is 12.7 Å². The molecule has 6 heteroatoms. The van der Waals surface area contributed by atoms with Gasteiger partial charge in [-0.15, -0.1) is 0 Å². The average Bonchev–Trinajstić information content (AvgIpc) is 2.42. The van der Waals surface area contributed by atoms with Crippen LogP contribution < -0.4 is 10.6 Å². The highest BCUT2D eigenvalue weighted by Crippen LogP contribution is 2.25. The number of amides is 2. The summed E-state index contributed by atoms with van der Waals surface area (Å²) in [6, 6.07) is 9.07. The summed E-state index contributed by atoms with van der Waals surface area (Å²) in [4.78, 5) is 23.4. The van der Waals surface area contributed by atoms with Gasteiger partial charge >= 0.3 is 0 Å². The minimum atomic E-state index is -0.424. The first-order valence-corrected chi connectivity index (χ1v) is 7.31. The van der Waals surface area contributed by atoms with Crippen LogP contribution in [-0.4, -0.2) is 11.8 Å². The lowest BCUT2D eigenvalue weighted by atomic mass is 10.1. The Labute approximate surface area is 135 Å². The van der Waals surface area contributed by atoms with E-state index >= 15 is 0 Å². The first kappa shape index (κ1) is 16.2. The number of halogens is 2. The zero-order valence-electron chi connectivity index (χ0n) is 12.0. The standard InChI is InChI=1S/C16H14BrFN2O2/c1-9-14(19-10(2)21)4-3-5-15(9)20-16(22)12-7-6-11(18)8-13(12)17/h3-8H,1-2H3,(H,19,21)(H,20,22). The second-order valence-corrected chi connectivity index (χ2v) is 5.59. The van der Waals surface area contributed by atoms with Crippen LogP contribution in [0.5, 0.6) is 0 Å². The van der Waals surface area contributed by atoms with Crippen molar-refractivity contribution < 1.29 is 14.0 Å². The fourth-order valence-electron chi connectivity index (χ4n) is 1.96. The maximum atomic E-state index is 13.1. The van der Waals surface area contributed by atoms with Gasteiger partial charge in [0.2, 0.25) is 5.91 Å². The van der Waals surface area contributed by atoms with E-state index in [4.69, 9.17) is 0 Å². The first-order chi connectivity index (χ1) is 10.4. The van der Waals surface area contributed by atoms with E-state index < -0.39 is 5.82 Å². The molecule has 0 radical (unpaired) electrons. The van der Waals surface area contributed by atoms with Gasteiger partial charge in [-0.2, -0.15) is 0 Å². The van der Waals surface area contributed by atoms with Crippen LogP contribution in [0.4, 0.5) is 15.8 Å². The van der Waals surface area contributed by atoms with Crippen molar-refractivity contribution in [2.24, 2.45) is 0 Å². The molecule has 2 rings (SSSR count). The van der Waals surface area contributed by atoms with Crippen LogP contribution in [0.3, 0.4) is 0 Å². The summed E-state index contributed by atoms with van der Waals surface area (Å²) in [6.45, 7) is 3.21. The lowest BCUT2D eigenvalue weighted by Gasteiger charge is -2.13. The molecule has 0 aliphatic rings. The van der Waals surface area contributed by atoms with Crippen molar-refractivity contribution in [2.45, 2.75) is 13.8 Å². The van der Waals surface area contributed by atoms with Crippen LogP contribution in [-0.2, 0) is 4.79 Å². The van der Waals surface area contributed by atoms with Crippen molar-refractivity contribution >= 4 is 39.1 Å². The van der Waals surface area contributed by atoms with Crippen molar-refractivity contribution in [3.63, 3.8) is 0 Å². The van der Waals surface area contributed by atoms with Gasteiger partial charge in [0.05, 0.1) is 5.56 Å². The predicted molar refractivity (Wildman–Crippen MR) is 87.5 cm³/mol. The summed E-state index contributed by atoms with van der Waals surface area (Å²) in [5, 5.41) is 5.45. The fraction of sp³-hybridized carbons (Fsp3) is 0.125. The second kappa shape index (κ2) is 6.70. The van der Waals surface area contributed by atoms with Crippen LogP contribution in [0.1, 0.15) is 22.8 Å². The summed E-state index contributed by atoms with van der Waals surface area (Å²) in [5.74, 6) is -0.977. The number of hydrogen-bond donors (Lipinski definition) is 2. The molecule has 0 aromatic heterocycles. The van der Waals surface area contributed by atoms with E-state index in [0.29, 0.717) is 21.4 Å². The van der Waals surface area contributed by atoms with E-state index in [1.165, 1.54) is 25.1 Å². The number of nitrogens with one attached hydrogen (secondary N) is 2. The Morgan fingerprint density at radius 1 is 1.09 bits per heavy atom. The number of carbonyl (C=O) groups is 2. The molecule has 2 amide bonds. The Hall–Kier alpha value is -2.21. The molecule has 4 nitrogen and oxygen atoms in total. The Morgan fingerprint density at radius 3 is 2.32 bits per heavy atom. The Morgan fingerprint density at radius 2 is 1.73 bits per heavy atom. The molecule has 0 saturated heterocycles. The third-order valence-corrected chi connectivity index (χ3v) is 3.72. The van der Waals surface area contributed by atoms with Gasteiger partial charge in [-0.3, -0.25) is 9.59 Å². The van der Waals surface area contributed by atoms with Gasteiger partial charge in [0.1, 0.15) is 5.82 Å². The van der Waals surface area contributed by atoms with Gasteiger partial charge in [-0.05, 0) is 58.7 Å². The molecule has 0 aliphatic carbocycles. The minimum Gasteiger partial charge on any atom is -0.326 e. The maximum absolute atomic E-state index is 13.1. The van der Waals surface area contributed by atoms with Crippen molar-refractivity contribution in [2.75, 3.05) is 10.6 Å². The highest BCUT2D eigenvalue weighted by Gasteiger charge is 2.13. The van der Waals surface area contributed by atoms with E-state index in [9.17, 15) is 14.0 Å². The monoisotopic (exact) mass is 364 g/mol. The zero-order chi connectivity index (χ0) is 16.3. The number of carbonyl (C=O) groups excluding carboxylic acids is 2. The maximum Gasteiger partial charge on any atom is 0.256 e. The molecule has 0 saturated carbocycles. The predicted octanol–water partition coefficient (Wildman–Crippen LogP) is 4.11. The van der Waals surface area contributed by atoms with Crippen molar-refractivity contribution in [1.29, 1.82) is 0 Å². The van der Waals surface area contributed by atoms with Crippen LogP contribution in [0.2, 0.25) is 0 Å². The summed E-state index contributed by atoms with van der Waals surface area (Å²) in [6.07, 6.45) is 0. The number of benzene rings is 2. The van der Waals surface area contributed by atoms with E-state index in [2.05, 4.69) is 26.6 Å². The number of rotatable bonds is 3. The Balaban J connectivity index is 2.27. The molecule has 2 aromatic rings. The van der Waals surface area contributed by atoms with Gasteiger partial charge in [-0.1, -0.05) is 6.07 Å². The molecule has 2 aromatic carbocycles. The SMILES string of the molecule is CC(=O)Nc1cccc(NC(=O)c2ccc(F)cc2Br)c1C. The van der Waals surface area contributed by atoms with Crippen LogP contribution >= 0.6 is 15.9 Å². The molecule has 2 N–H and O–H groups in total. The van der Waals surface area contributed by atoms with Gasteiger partial charge in [0, 0.05) is 22.8 Å². The summed E-state index contributed by atoms with van der Waals surface area (Å²) in [5.41, 5.74) is 2.27. The smallest absolute Gasteiger partial charge is 0.256 e. The molecule has 0 fully saturated rings. The molecule has 0 unspecified atom stereocenters. The van der Waals surface area contributed by atoms with E-state index in [1.807, 2.05) is 0 Å². The third kappa shape index (κ3) is 3.71. The summed E-state index contributed by atoms with van der Waals surface area (Å²) < 4.78 is 13.5. The first-order valence-electron chi connectivity index (χ1n) is 6.52. The van der Waals surface area contributed by atoms with Crippen molar-refractivity contribution in [1.82, 2.24) is 0 Å². The fourth-order valence-corrected chi connectivity index (χ4v) is 2.49. The summed E-state index contributed by atoms with van der Waals surface area (Å²) in [7, 11) is 0. The van der Waals surface area contributed by atoms with E-state index in [-0.39, 0.29) is 11.8 Å². The van der Waals surface area contributed by atoms with Gasteiger partial charge < -0.3 is 10.6 Å². The zero-order valence-corrected chi connectivity index (χ0v) is 13.6. The van der Waals surface area contributed by atoms with E-state index in [0.717, 1.165) is 5.56 Å². The third-order valence-electron chi connectivity index (χ3n) is 3.07. The lowest BCUT2D eigenvalue weighted by molar-refractivity contribution is -0.114. The van der Waals surface area contributed by atoms with Crippen LogP contribution in [0.15, 0.2) is 40.9 Å². The van der Waals surface area contributed by atoms with E-state index in [1.54, 1.807) is 25.1 Å². The highest BCUT2D eigenvalue weighted by atomic mass is 79.9. The topological polar surface area (TPSA) is 58.2 Å². The molecule has 22 heavy (non-hydrogen) atoms. The molecular weight excluding hydrogens is 351 g/mol. The molecule has 0 bridgehead atoms. The minimum absolute atomic E-state index is 0.187. The molecule has 114 valence electrons. The highest BCUT2D eigenvalue weighted by molar-refractivity contribution is 9.10.